The number of fused-ring (bicyclic) bond motifs is 1. The van der Waals surface area contributed by atoms with E-state index in [1.54, 1.807) is 16.7 Å². The van der Waals surface area contributed by atoms with Crippen LogP contribution in [0.5, 0.6) is 0 Å². The van der Waals surface area contributed by atoms with E-state index in [2.05, 4.69) is 9.88 Å². The van der Waals surface area contributed by atoms with Crippen LogP contribution in [0.1, 0.15) is 10.5 Å². The van der Waals surface area contributed by atoms with Crippen molar-refractivity contribution in [2.45, 2.75) is 5.03 Å². The predicted octanol–water partition coefficient (Wildman–Crippen LogP) is 1.69. The van der Waals surface area contributed by atoms with Crippen molar-refractivity contribution in [1.82, 2.24) is 14.3 Å². The van der Waals surface area contributed by atoms with Crippen LogP contribution in [-0.2, 0) is 0 Å². The molecule has 0 saturated carbocycles. The van der Waals surface area contributed by atoms with Gasteiger partial charge in [0.05, 0.1) is 0 Å². The molecule has 2 aromatic heterocycles. The third kappa shape index (κ3) is 2.65. The molecule has 6 heteroatoms. The number of imidazole rings is 1. The van der Waals surface area contributed by atoms with Crippen molar-refractivity contribution in [3.63, 3.8) is 0 Å². The number of carboxylic acids is 1. The maximum Gasteiger partial charge on any atom is 0.355 e. The van der Waals surface area contributed by atoms with Crippen LogP contribution in [0.25, 0.3) is 5.65 Å². The molecule has 5 nitrogen and oxygen atoms in total. The van der Waals surface area contributed by atoms with Gasteiger partial charge in [0.25, 0.3) is 0 Å². The Balaban J connectivity index is 2.31. The zero-order chi connectivity index (χ0) is 13.1. The fraction of sp³-hybridized carbons (Fsp3) is 0.333. The van der Waals surface area contributed by atoms with Crippen LogP contribution >= 0.6 is 11.8 Å². The Kier molecular flexibility index (Phi) is 3.88. The molecule has 0 unspecified atom stereocenters. The van der Waals surface area contributed by atoms with Gasteiger partial charge in [0, 0.05) is 18.5 Å². The highest BCUT2D eigenvalue weighted by molar-refractivity contribution is 7.99. The molecule has 0 aliphatic rings. The Morgan fingerprint density at radius 1 is 1.50 bits per heavy atom. The Labute approximate surface area is 109 Å². The van der Waals surface area contributed by atoms with Gasteiger partial charge in [-0.2, -0.15) is 0 Å². The Bertz CT molecular complexity index is 565. The lowest BCUT2D eigenvalue weighted by Crippen LogP contribution is -2.15. The summed E-state index contributed by atoms with van der Waals surface area (Å²) < 4.78 is 1.61. The average Bonchev–Trinajstić information content (AvgIpc) is 2.66. The number of aromatic carboxylic acids is 1. The van der Waals surface area contributed by atoms with Crippen LogP contribution in [0.15, 0.2) is 29.4 Å². The van der Waals surface area contributed by atoms with E-state index in [1.807, 2.05) is 26.2 Å². The number of hydrogen-bond donors (Lipinski definition) is 1. The van der Waals surface area contributed by atoms with E-state index in [0.717, 1.165) is 12.3 Å². The highest BCUT2D eigenvalue weighted by Crippen LogP contribution is 2.23. The van der Waals surface area contributed by atoms with E-state index in [9.17, 15) is 9.90 Å². The highest BCUT2D eigenvalue weighted by atomic mass is 32.2. The number of carbonyl (C=O) groups is 1. The van der Waals surface area contributed by atoms with Gasteiger partial charge in [-0.3, -0.25) is 4.40 Å². The molecule has 0 aliphatic heterocycles. The highest BCUT2D eigenvalue weighted by Gasteiger charge is 2.18. The first-order valence-corrected chi connectivity index (χ1v) is 6.56. The summed E-state index contributed by atoms with van der Waals surface area (Å²) in [6, 6.07) is 5.46. The largest absolute Gasteiger partial charge is 0.476 e. The monoisotopic (exact) mass is 265 g/mol. The van der Waals surface area contributed by atoms with Gasteiger partial charge in [-0.15, -0.1) is 11.8 Å². The number of rotatable bonds is 5. The van der Waals surface area contributed by atoms with Crippen molar-refractivity contribution in [2.24, 2.45) is 0 Å². The van der Waals surface area contributed by atoms with Crippen molar-refractivity contribution in [3.8, 4) is 0 Å². The normalized spacial score (nSPS) is 11.3. The predicted molar refractivity (Wildman–Crippen MR) is 71.4 cm³/mol. The standard InChI is InChI=1S/C12H15N3O2S/c1-14(2)7-8-18-11-10(12(16)17)15-6-4-3-5-9(15)13-11/h3-6H,7-8H2,1-2H3,(H,16,17). The van der Waals surface area contributed by atoms with E-state index < -0.39 is 5.97 Å². The topological polar surface area (TPSA) is 57.8 Å². The minimum absolute atomic E-state index is 0.245. The van der Waals surface area contributed by atoms with Gasteiger partial charge in [0.2, 0.25) is 0 Å². The lowest BCUT2D eigenvalue weighted by Gasteiger charge is -2.07. The van der Waals surface area contributed by atoms with Crippen LogP contribution < -0.4 is 0 Å². The first-order chi connectivity index (χ1) is 8.59. The summed E-state index contributed by atoms with van der Waals surface area (Å²) in [5.74, 6) is -0.127. The van der Waals surface area contributed by atoms with Crippen LogP contribution in [0.2, 0.25) is 0 Å². The second-order valence-corrected chi connectivity index (χ2v) is 5.23. The number of thioether (sulfide) groups is 1. The molecular weight excluding hydrogens is 250 g/mol. The second-order valence-electron chi connectivity index (χ2n) is 4.15. The Hall–Kier alpha value is -1.53. The number of nitrogens with zero attached hydrogens (tertiary/aromatic N) is 3. The number of hydrogen-bond acceptors (Lipinski definition) is 4. The molecule has 0 aliphatic carbocycles. The van der Waals surface area contributed by atoms with Gasteiger partial charge in [-0.05, 0) is 26.2 Å². The molecular formula is C12H15N3O2S. The van der Waals surface area contributed by atoms with Gasteiger partial charge in [-0.1, -0.05) is 6.07 Å². The second kappa shape index (κ2) is 5.41. The van der Waals surface area contributed by atoms with E-state index in [0.29, 0.717) is 10.7 Å². The van der Waals surface area contributed by atoms with E-state index >= 15 is 0 Å². The molecule has 0 bridgehead atoms. The fourth-order valence-corrected chi connectivity index (χ4v) is 2.72. The first-order valence-electron chi connectivity index (χ1n) is 5.57. The van der Waals surface area contributed by atoms with E-state index in [4.69, 9.17) is 0 Å². The van der Waals surface area contributed by atoms with Gasteiger partial charge in [0.15, 0.2) is 5.69 Å². The molecule has 2 heterocycles. The summed E-state index contributed by atoms with van der Waals surface area (Å²) in [5.41, 5.74) is 0.914. The van der Waals surface area contributed by atoms with Crippen LogP contribution in [-0.4, -0.2) is 51.8 Å². The molecule has 0 atom stereocenters. The number of carboxylic acid groups (broad SMARTS) is 1. The Morgan fingerprint density at radius 3 is 2.94 bits per heavy atom. The van der Waals surface area contributed by atoms with Gasteiger partial charge in [-0.25, -0.2) is 9.78 Å². The molecule has 0 radical (unpaired) electrons. The molecule has 0 saturated heterocycles. The summed E-state index contributed by atoms with van der Waals surface area (Å²) in [5, 5.41) is 9.86. The average molecular weight is 265 g/mol. The summed E-state index contributed by atoms with van der Waals surface area (Å²) in [6.45, 7) is 0.887. The summed E-state index contributed by atoms with van der Waals surface area (Å²) in [4.78, 5) is 17.7. The molecule has 0 fully saturated rings. The van der Waals surface area contributed by atoms with Gasteiger partial charge in [0.1, 0.15) is 10.7 Å². The molecule has 2 aromatic rings. The summed E-state index contributed by atoms with van der Waals surface area (Å²) in [7, 11) is 3.98. The van der Waals surface area contributed by atoms with Crippen LogP contribution in [0.3, 0.4) is 0 Å². The minimum Gasteiger partial charge on any atom is -0.476 e. The first kappa shape index (κ1) is 12.9. The maximum atomic E-state index is 11.3. The zero-order valence-corrected chi connectivity index (χ0v) is 11.1. The maximum absolute atomic E-state index is 11.3. The minimum atomic E-state index is -0.943. The quantitative estimate of drug-likeness (QED) is 0.834. The molecule has 2 rings (SSSR count). The van der Waals surface area contributed by atoms with Crippen LogP contribution in [0.4, 0.5) is 0 Å². The molecule has 0 aromatic carbocycles. The van der Waals surface area contributed by atoms with Gasteiger partial charge < -0.3 is 10.0 Å². The van der Waals surface area contributed by atoms with Crippen molar-refractivity contribution < 1.29 is 9.90 Å². The SMILES string of the molecule is CN(C)CCSc1nc2ccccn2c1C(=O)O. The van der Waals surface area contributed by atoms with E-state index in [1.165, 1.54) is 11.8 Å². The zero-order valence-electron chi connectivity index (χ0n) is 10.3. The molecule has 1 N–H and O–H groups in total. The number of pyridine rings is 1. The smallest absolute Gasteiger partial charge is 0.355 e. The molecule has 0 amide bonds. The Morgan fingerprint density at radius 2 is 2.28 bits per heavy atom. The molecule has 18 heavy (non-hydrogen) atoms. The summed E-state index contributed by atoms with van der Waals surface area (Å²) in [6.07, 6.45) is 1.72. The van der Waals surface area contributed by atoms with Gasteiger partial charge >= 0.3 is 5.97 Å². The lowest BCUT2D eigenvalue weighted by atomic mass is 10.4. The van der Waals surface area contributed by atoms with Crippen molar-refractivity contribution >= 4 is 23.4 Å². The number of aromatic nitrogens is 2. The third-order valence-corrected chi connectivity index (χ3v) is 3.42. The van der Waals surface area contributed by atoms with Crippen molar-refractivity contribution in [3.05, 3.63) is 30.1 Å². The molecule has 96 valence electrons. The van der Waals surface area contributed by atoms with Crippen molar-refractivity contribution in [2.75, 3.05) is 26.4 Å². The molecule has 0 spiro atoms. The fourth-order valence-electron chi connectivity index (χ4n) is 1.59. The van der Waals surface area contributed by atoms with E-state index in [-0.39, 0.29) is 5.69 Å². The summed E-state index contributed by atoms with van der Waals surface area (Å²) >= 11 is 1.47. The lowest BCUT2D eigenvalue weighted by molar-refractivity contribution is 0.0685. The third-order valence-electron chi connectivity index (χ3n) is 2.48. The van der Waals surface area contributed by atoms with Crippen LogP contribution in [0, 0.1) is 0 Å². The van der Waals surface area contributed by atoms with Crippen molar-refractivity contribution in [1.29, 1.82) is 0 Å².